The number of hydrogen-bond acceptors (Lipinski definition) is 2. The fourth-order valence-corrected chi connectivity index (χ4v) is 2.61. The van der Waals surface area contributed by atoms with Crippen molar-refractivity contribution in [2.45, 2.75) is 12.5 Å². The Bertz CT molecular complexity index is 684. The lowest BCUT2D eigenvalue weighted by molar-refractivity contribution is -0.121. The predicted molar refractivity (Wildman–Crippen MR) is 90.0 cm³/mol. The highest BCUT2D eigenvalue weighted by molar-refractivity contribution is 5.87. The van der Waals surface area contributed by atoms with Gasteiger partial charge >= 0.3 is 0 Å². The summed E-state index contributed by atoms with van der Waals surface area (Å²) in [7, 11) is 0. The van der Waals surface area contributed by atoms with E-state index in [2.05, 4.69) is 10.4 Å². The normalized spacial score (nSPS) is 10.7. The quantitative estimate of drug-likeness (QED) is 0.761. The highest BCUT2D eigenvalue weighted by Gasteiger charge is 2.21. The Morgan fingerprint density at radius 1 is 0.957 bits per heavy atom. The summed E-state index contributed by atoms with van der Waals surface area (Å²) in [5.74, 6) is -0.287. The van der Waals surface area contributed by atoms with Crippen molar-refractivity contribution in [2.24, 2.45) is 0 Å². The van der Waals surface area contributed by atoms with Crippen LogP contribution in [0.5, 0.6) is 0 Å². The van der Waals surface area contributed by atoms with Gasteiger partial charge in [-0.25, -0.2) is 0 Å². The standard InChI is InChI=1S/C19H19N3O/c23-19(20-13-15-22-14-7-12-21-22)18(16-8-3-1-4-9-16)17-10-5-2-6-11-17/h1-12,14,18H,13,15H2,(H,20,23). The average Bonchev–Trinajstić information content (AvgIpc) is 3.10. The minimum atomic E-state index is -0.296. The first-order valence-corrected chi connectivity index (χ1v) is 7.69. The molecule has 0 aliphatic rings. The molecule has 116 valence electrons. The molecule has 0 saturated carbocycles. The lowest BCUT2D eigenvalue weighted by atomic mass is 9.90. The molecule has 0 radical (unpaired) electrons. The molecule has 0 aliphatic carbocycles. The van der Waals surface area contributed by atoms with Crippen LogP contribution in [0.1, 0.15) is 17.0 Å². The molecule has 0 saturated heterocycles. The number of nitrogens with one attached hydrogen (secondary N) is 1. The Morgan fingerprint density at radius 3 is 2.09 bits per heavy atom. The van der Waals surface area contributed by atoms with Gasteiger partial charge in [0.25, 0.3) is 0 Å². The van der Waals surface area contributed by atoms with Crippen LogP contribution >= 0.6 is 0 Å². The van der Waals surface area contributed by atoms with E-state index in [1.165, 1.54) is 0 Å². The molecule has 1 aromatic heterocycles. The predicted octanol–water partition coefficient (Wildman–Crippen LogP) is 2.83. The van der Waals surface area contributed by atoms with Crippen LogP contribution in [0.25, 0.3) is 0 Å². The zero-order chi connectivity index (χ0) is 15.9. The molecule has 0 atom stereocenters. The van der Waals surface area contributed by atoms with E-state index in [-0.39, 0.29) is 11.8 Å². The number of aromatic nitrogens is 2. The molecule has 4 nitrogen and oxygen atoms in total. The van der Waals surface area contributed by atoms with Crippen molar-refractivity contribution in [2.75, 3.05) is 6.54 Å². The number of amides is 1. The maximum Gasteiger partial charge on any atom is 0.232 e. The number of rotatable bonds is 6. The second kappa shape index (κ2) is 7.40. The number of carbonyl (C=O) groups is 1. The van der Waals surface area contributed by atoms with Crippen LogP contribution in [0.15, 0.2) is 79.1 Å². The summed E-state index contributed by atoms with van der Waals surface area (Å²) in [5, 5.41) is 7.16. The average molecular weight is 305 g/mol. The highest BCUT2D eigenvalue weighted by Crippen LogP contribution is 2.24. The monoisotopic (exact) mass is 305 g/mol. The molecule has 0 fully saturated rings. The largest absolute Gasteiger partial charge is 0.353 e. The highest BCUT2D eigenvalue weighted by atomic mass is 16.1. The van der Waals surface area contributed by atoms with Gasteiger partial charge in [0.05, 0.1) is 12.5 Å². The van der Waals surface area contributed by atoms with Gasteiger partial charge in [-0.1, -0.05) is 60.7 Å². The Balaban J connectivity index is 1.74. The van der Waals surface area contributed by atoms with Crippen LogP contribution in [-0.2, 0) is 11.3 Å². The van der Waals surface area contributed by atoms with Crippen molar-refractivity contribution in [3.05, 3.63) is 90.3 Å². The molecule has 2 aromatic carbocycles. The molecule has 0 unspecified atom stereocenters. The first kappa shape index (κ1) is 15.0. The first-order valence-electron chi connectivity index (χ1n) is 7.69. The van der Waals surface area contributed by atoms with Crippen molar-refractivity contribution in [1.29, 1.82) is 0 Å². The van der Waals surface area contributed by atoms with E-state index in [4.69, 9.17) is 0 Å². The van der Waals surface area contributed by atoms with E-state index in [9.17, 15) is 4.79 Å². The molecule has 3 aromatic rings. The molecular formula is C19H19N3O. The van der Waals surface area contributed by atoms with Crippen LogP contribution in [0.2, 0.25) is 0 Å². The number of nitrogens with zero attached hydrogens (tertiary/aromatic N) is 2. The molecule has 0 bridgehead atoms. The van der Waals surface area contributed by atoms with E-state index in [1.807, 2.05) is 72.9 Å². The van der Waals surface area contributed by atoms with Crippen molar-refractivity contribution < 1.29 is 4.79 Å². The lowest BCUT2D eigenvalue weighted by Crippen LogP contribution is -2.32. The molecule has 1 N–H and O–H groups in total. The summed E-state index contributed by atoms with van der Waals surface area (Å²) in [6, 6.07) is 21.6. The van der Waals surface area contributed by atoms with E-state index >= 15 is 0 Å². The Morgan fingerprint density at radius 2 is 1.57 bits per heavy atom. The van der Waals surface area contributed by atoms with E-state index in [0.717, 1.165) is 11.1 Å². The third-order valence-electron chi connectivity index (χ3n) is 3.73. The van der Waals surface area contributed by atoms with Gasteiger partial charge in [0, 0.05) is 18.9 Å². The molecule has 23 heavy (non-hydrogen) atoms. The fraction of sp³-hybridized carbons (Fsp3) is 0.158. The van der Waals surface area contributed by atoms with Crippen molar-refractivity contribution in [3.63, 3.8) is 0 Å². The van der Waals surface area contributed by atoms with E-state index < -0.39 is 0 Å². The van der Waals surface area contributed by atoms with Gasteiger partial charge in [-0.15, -0.1) is 0 Å². The lowest BCUT2D eigenvalue weighted by Gasteiger charge is -2.18. The topological polar surface area (TPSA) is 46.9 Å². The molecule has 3 rings (SSSR count). The van der Waals surface area contributed by atoms with Gasteiger partial charge in [-0.2, -0.15) is 5.10 Å². The third-order valence-corrected chi connectivity index (χ3v) is 3.73. The summed E-state index contributed by atoms with van der Waals surface area (Å²) < 4.78 is 1.81. The summed E-state index contributed by atoms with van der Waals surface area (Å²) in [6.45, 7) is 1.21. The zero-order valence-electron chi connectivity index (χ0n) is 12.8. The molecule has 4 heteroatoms. The Labute approximate surface area is 135 Å². The smallest absolute Gasteiger partial charge is 0.232 e. The van der Waals surface area contributed by atoms with Gasteiger partial charge in [0.1, 0.15) is 0 Å². The molecule has 1 heterocycles. The zero-order valence-corrected chi connectivity index (χ0v) is 12.8. The minimum absolute atomic E-state index is 0.00885. The van der Waals surface area contributed by atoms with Gasteiger partial charge in [0.15, 0.2) is 0 Å². The molecule has 0 aliphatic heterocycles. The van der Waals surface area contributed by atoms with Crippen molar-refractivity contribution in [3.8, 4) is 0 Å². The summed E-state index contributed by atoms with van der Waals surface area (Å²) in [5.41, 5.74) is 1.99. The van der Waals surface area contributed by atoms with Gasteiger partial charge in [0.2, 0.25) is 5.91 Å². The van der Waals surface area contributed by atoms with Gasteiger partial charge in [-0.3, -0.25) is 9.48 Å². The van der Waals surface area contributed by atoms with Crippen LogP contribution < -0.4 is 5.32 Å². The molecular weight excluding hydrogens is 286 g/mol. The van der Waals surface area contributed by atoms with Crippen molar-refractivity contribution in [1.82, 2.24) is 15.1 Å². The SMILES string of the molecule is O=C(NCCn1cccn1)C(c1ccccc1)c1ccccc1. The minimum Gasteiger partial charge on any atom is -0.353 e. The first-order chi connectivity index (χ1) is 11.3. The van der Waals surface area contributed by atoms with Crippen LogP contribution in [0.4, 0.5) is 0 Å². The third kappa shape index (κ3) is 3.86. The Kier molecular flexibility index (Phi) is 4.84. The van der Waals surface area contributed by atoms with E-state index in [1.54, 1.807) is 10.9 Å². The summed E-state index contributed by atoms with van der Waals surface area (Å²) in [4.78, 5) is 12.7. The second-order valence-corrected chi connectivity index (χ2v) is 5.31. The number of hydrogen-bond donors (Lipinski definition) is 1. The number of benzene rings is 2. The summed E-state index contributed by atoms with van der Waals surface area (Å²) >= 11 is 0. The number of carbonyl (C=O) groups excluding carboxylic acids is 1. The molecule has 0 spiro atoms. The maximum absolute atomic E-state index is 12.7. The van der Waals surface area contributed by atoms with Crippen LogP contribution in [-0.4, -0.2) is 22.2 Å². The van der Waals surface area contributed by atoms with Crippen molar-refractivity contribution >= 4 is 5.91 Å². The fourth-order valence-electron chi connectivity index (χ4n) is 2.61. The maximum atomic E-state index is 12.7. The molecule has 1 amide bonds. The van der Waals surface area contributed by atoms with Gasteiger partial charge < -0.3 is 5.32 Å². The van der Waals surface area contributed by atoms with E-state index in [0.29, 0.717) is 13.1 Å². The van der Waals surface area contributed by atoms with Crippen LogP contribution in [0.3, 0.4) is 0 Å². The van der Waals surface area contributed by atoms with Gasteiger partial charge in [-0.05, 0) is 17.2 Å². The van der Waals surface area contributed by atoms with Crippen LogP contribution in [0, 0.1) is 0 Å². The second-order valence-electron chi connectivity index (χ2n) is 5.31. The summed E-state index contributed by atoms with van der Waals surface area (Å²) in [6.07, 6.45) is 3.62. The Hall–Kier alpha value is -2.88.